The van der Waals surface area contributed by atoms with E-state index >= 15 is 0 Å². The van der Waals surface area contributed by atoms with Gasteiger partial charge in [-0.15, -0.1) is 0 Å². The number of aldehydes is 2. The van der Waals surface area contributed by atoms with E-state index in [1.807, 2.05) is 106 Å². The summed E-state index contributed by atoms with van der Waals surface area (Å²) in [5, 5.41) is 0. The van der Waals surface area contributed by atoms with Crippen LogP contribution in [0.2, 0.25) is 0 Å². The molecule has 4 nitrogen and oxygen atoms in total. The summed E-state index contributed by atoms with van der Waals surface area (Å²) in [5.41, 5.74) is 15.9. The lowest BCUT2D eigenvalue weighted by Gasteiger charge is -2.12. The van der Waals surface area contributed by atoms with Gasteiger partial charge >= 0.3 is 0 Å². The standard InChI is InChI=1S/C20H22O2.2C10H12O/c1-11-7-9-17(15(5)13(11)3)19(21)20(22)18-10-8-12(2)14(4)16(18)6;2*1-7-4-5-10(6-11)9(3)8(7)2/h7-10H,1-6H3;2*4-6H,1-3H3. The van der Waals surface area contributed by atoms with Crippen molar-refractivity contribution in [1.29, 1.82) is 0 Å². The van der Waals surface area contributed by atoms with Crippen LogP contribution in [0.4, 0.5) is 0 Å². The molecule has 0 radical (unpaired) electrons. The third kappa shape index (κ3) is 7.93. The van der Waals surface area contributed by atoms with Gasteiger partial charge in [0.2, 0.25) is 11.6 Å². The zero-order chi connectivity index (χ0) is 33.5. The van der Waals surface area contributed by atoms with Crippen LogP contribution in [0.3, 0.4) is 0 Å². The van der Waals surface area contributed by atoms with Gasteiger partial charge in [-0.2, -0.15) is 0 Å². The highest BCUT2D eigenvalue weighted by atomic mass is 16.2. The molecular formula is C40H46O4. The molecule has 0 bridgehead atoms. The van der Waals surface area contributed by atoms with Gasteiger partial charge in [-0.25, -0.2) is 0 Å². The van der Waals surface area contributed by atoms with E-state index in [0.29, 0.717) is 11.1 Å². The molecule has 0 saturated carbocycles. The van der Waals surface area contributed by atoms with E-state index in [2.05, 4.69) is 13.8 Å². The molecule has 0 N–H and O–H groups in total. The van der Waals surface area contributed by atoms with Crippen molar-refractivity contribution in [2.45, 2.75) is 83.1 Å². The van der Waals surface area contributed by atoms with E-state index in [9.17, 15) is 19.2 Å². The third-order valence-corrected chi connectivity index (χ3v) is 9.27. The van der Waals surface area contributed by atoms with E-state index in [1.54, 1.807) is 12.1 Å². The maximum Gasteiger partial charge on any atom is 0.233 e. The molecule has 0 aliphatic rings. The summed E-state index contributed by atoms with van der Waals surface area (Å²) >= 11 is 0. The Labute approximate surface area is 263 Å². The van der Waals surface area contributed by atoms with E-state index < -0.39 is 11.6 Å². The van der Waals surface area contributed by atoms with Crippen molar-refractivity contribution in [3.05, 3.63) is 138 Å². The summed E-state index contributed by atoms with van der Waals surface area (Å²) in [7, 11) is 0. The van der Waals surface area contributed by atoms with Gasteiger partial charge in [-0.3, -0.25) is 19.2 Å². The smallest absolute Gasteiger partial charge is 0.233 e. The minimum atomic E-state index is -0.424. The summed E-state index contributed by atoms with van der Waals surface area (Å²) in [5.74, 6) is -0.848. The molecule has 4 rings (SSSR count). The van der Waals surface area contributed by atoms with Crippen molar-refractivity contribution in [2.24, 2.45) is 0 Å². The number of carbonyl (C=O) groups is 4. The summed E-state index contributed by atoms with van der Waals surface area (Å²) in [6.07, 6.45) is 1.81. The zero-order valence-electron chi connectivity index (χ0n) is 28.4. The Kier molecular flexibility index (Phi) is 12.5. The van der Waals surface area contributed by atoms with Gasteiger partial charge in [-0.05, 0) is 150 Å². The molecule has 230 valence electrons. The molecule has 0 fully saturated rings. The zero-order valence-corrected chi connectivity index (χ0v) is 28.4. The Morgan fingerprint density at radius 3 is 0.886 bits per heavy atom. The topological polar surface area (TPSA) is 68.3 Å². The van der Waals surface area contributed by atoms with Crippen LogP contribution in [0, 0.1) is 83.1 Å². The van der Waals surface area contributed by atoms with Crippen LogP contribution in [0.5, 0.6) is 0 Å². The Balaban J connectivity index is 0.000000257. The highest BCUT2D eigenvalue weighted by Crippen LogP contribution is 2.22. The largest absolute Gasteiger partial charge is 0.298 e. The highest BCUT2D eigenvalue weighted by molar-refractivity contribution is 6.49. The molecule has 0 saturated heterocycles. The molecule has 0 atom stereocenters. The van der Waals surface area contributed by atoms with E-state index in [1.165, 1.54) is 22.3 Å². The minimum absolute atomic E-state index is 0.424. The first-order valence-corrected chi connectivity index (χ1v) is 14.8. The number of rotatable bonds is 5. The average molecular weight is 591 g/mol. The maximum atomic E-state index is 12.6. The summed E-state index contributed by atoms with van der Waals surface area (Å²) in [6, 6.07) is 15.0. The van der Waals surface area contributed by atoms with Gasteiger partial charge in [0.15, 0.2) is 0 Å². The predicted molar refractivity (Wildman–Crippen MR) is 182 cm³/mol. The number of carbonyl (C=O) groups excluding carboxylic acids is 4. The van der Waals surface area contributed by atoms with Gasteiger partial charge in [0.25, 0.3) is 0 Å². The molecule has 0 spiro atoms. The predicted octanol–water partition coefficient (Wildman–Crippen LogP) is 9.45. The fourth-order valence-electron chi connectivity index (χ4n) is 4.86. The van der Waals surface area contributed by atoms with Crippen LogP contribution < -0.4 is 0 Å². The second-order valence-corrected chi connectivity index (χ2v) is 11.7. The van der Waals surface area contributed by atoms with Gasteiger partial charge in [0, 0.05) is 22.3 Å². The van der Waals surface area contributed by atoms with Crippen molar-refractivity contribution in [2.75, 3.05) is 0 Å². The van der Waals surface area contributed by atoms with Crippen LogP contribution in [0.1, 0.15) is 108 Å². The third-order valence-electron chi connectivity index (χ3n) is 9.27. The molecule has 0 aromatic heterocycles. The minimum Gasteiger partial charge on any atom is -0.298 e. The van der Waals surface area contributed by atoms with E-state index in [-0.39, 0.29) is 0 Å². The van der Waals surface area contributed by atoms with Crippen molar-refractivity contribution in [1.82, 2.24) is 0 Å². The van der Waals surface area contributed by atoms with Gasteiger partial charge in [-0.1, -0.05) is 48.5 Å². The van der Waals surface area contributed by atoms with Crippen LogP contribution >= 0.6 is 0 Å². The van der Waals surface area contributed by atoms with Crippen molar-refractivity contribution in [3.63, 3.8) is 0 Å². The molecule has 0 heterocycles. The summed E-state index contributed by atoms with van der Waals surface area (Å²) in [4.78, 5) is 46.2. The lowest BCUT2D eigenvalue weighted by molar-refractivity contribution is 0.0816. The molecule has 4 aromatic rings. The van der Waals surface area contributed by atoms with Crippen LogP contribution in [-0.4, -0.2) is 24.1 Å². The molecular weight excluding hydrogens is 544 g/mol. The Morgan fingerprint density at radius 2 is 0.614 bits per heavy atom. The Morgan fingerprint density at radius 1 is 0.364 bits per heavy atom. The van der Waals surface area contributed by atoms with E-state index in [4.69, 9.17) is 0 Å². The summed E-state index contributed by atoms with van der Waals surface area (Å²) < 4.78 is 0. The highest BCUT2D eigenvalue weighted by Gasteiger charge is 2.23. The van der Waals surface area contributed by atoms with Crippen molar-refractivity contribution < 1.29 is 19.2 Å². The lowest BCUT2D eigenvalue weighted by Crippen LogP contribution is -2.18. The fourth-order valence-corrected chi connectivity index (χ4v) is 4.86. The molecule has 4 heteroatoms. The quantitative estimate of drug-likeness (QED) is 0.132. The number of benzene rings is 4. The molecule has 0 aliphatic carbocycles. The molecule has 0 amide bonds. The normalized spacial score (nSPS) is 10.2. The van der Waals surface area contributed by atoms with E-state index in [0.717, 1.165) is 68.2 Å². The molecule has 0 unspecified atom stereocenters. The van der Waals surface area contributed by atoms with Crippen molar-refractivity contribution in [3.8, 4) is 0 Å². The lowest BCUT2D eigenvalue weighted by atomic mass is 9.90. The number of aryl methyl sites for hydroxylation is 4. The first-order valence-electron chi connectivity index (χ1n) is 14.8. The maximum absolute atomic E-state index is 12.6. The number of ketones is 2. The van der Waals surface area contributed by atoms with Crippen molar-refractivity contribution >= 4 is 24.1 Å². The first-order chi connectivity index (χ1) is 20.6. The van der Waals surface area contributed by atoms with Gasteiger partial charge in [0.05, 0.1) is 0 Å². The average Bonchev–Trinajstić information content (AvgIpc) is 3.00. The second kappa shape index (κ2) is 15.3. The molecule has 0 aliphatic heterocycles. The van der Waals surface area contributed by atoms with Crippen LogP contribution in [-0.2, 0) is 0 Å². The summed E-state index contributed by atoms with van der Waals surface area (Å²) in [6.45, 7) is 23.9. The van der Waals surface area contributed by atoms with Crippen LogP contribution in [0.15, 0.2) is 48.5 Å². The molecule has 44 heavy (non-hydrogen) atoms. The number of hydrogen-bond donors (Lipinski definition) is 0. The SMILES string of the molecule is Cc1ccc(C(=O)C(=O)c2ccc(C)c(C)c2C)c(C)c1C.Cc1ccc(C=O)c(C)c1C.Cc1ccc(C=O)c(C)c1C. The second-order valence-electron chi connectivity index (χ2n) is 11.7. The van der Waals surface area contributed by atoms with Crippen LogP contribution in [0.25, 0.3) is 0 Å². The Bertz CT molecular complexity index is 1610. The first kappa shape index (κ1) is 35.8. The monoisotopic (exact) mass is 590 g/mol. The fraction of sp³-hybridized carbons (Fsp3) is 0.300. The number of hydrogen-bond acceptors (Lipinski definition) is 4. The molecule has 4 aromatic carbocycles. The number of Topliss-reactive ketones (excluding diaryl/α,β-unsaturated/α-hetero) is 2. The van der Waals surface area contributed by atoms with Gasteiger partial charge in [0.1, 0.15) is 12.6 Å². The Hall–Kier alpha value is -4.44. The van der Waals surface area contributed by atoms with Gasteiger partial charge < -0.3 is 0 Å².